The Morgan fingerprint density at radius 3 is 2.13 bits per heavy atom. The fourth-order valence-electron chi connectivity index (χ4n) is 6.12. The summed E-state index contributed by atoms with van der Waals surface area (Å²) in [5, 5.41) is 1.53. The molecule has 0 unspecified atom stereocenters. The summed E-state index contributed by atoms with van der Waals surface area (Å²) in [7, 11) is -1.32. The predicted molar refractivity (Wildman–Crippen MR) is 180 cm³/mol. The van der Waals surface area contributed by atoms with Gasteiger partial charge in [0.15, 0.2) is 5.54 Å². The van der Waals surface area contributed by atoms with Crippen LogP contribution in [0.1, 0.15) is 69.7 Å². The Labute approximate surface area is 274 Å². The van der Waals surface area contributed by atoms with Crippen molar-refractivity contribution >= 4 is 26.3 Å². The minimum atomic E-state index is -1.38. The van der Waals surface area contributed by atoms with Gasteiger partial charge in [0.25, 0.3) is 0 Å². The van der Waals surface area contributed by atoms with Gasteiger partial charge < -0.3 is 23.9 Å². The average Bonchev–Trinajstić information content (AvgIpc) is 2.99. The number of nitrogens with zero attached hydrogens (tertiary/aromatic N) is 2. The van der Waals surface area contributed by atoms with Gasteiger partial charge in [0.05, 0.1) is 6.61 Å². The molecule has 2 heterocycles. The van der Waals surface area contributed by atoms with Crippen LogP contribution in [-0.2, 0) is 23.8 Å². The third-order valence-electron chi connectivity index (χ3n) is 8.47. The number of cyclic esters (lactones) is 1. The summed E-state index contributed by atoms with van der Waals surface area (Å²) >= 11 is 0. The van der Waals surface area contributed by atoms with Crippen molar-refractivity contribution in [3.05, 3.63) is 84.4 Å². The quantitative estimate of drug-likeness (QED) is 0.110. The van der Waals surface area contributed by atoms with Gasteiger partial charge >= 0.3 is 18.2 Å². The van der Waals surface area contributed by atoms with Crippen molar-refractivity contribution < 1.29 is 33.4 Å². The van der Waals surface area contributed by atoms with Crippen LogP contribution in [0.3, 0.4) is 0 Å². The summed E-state index contributed by atoms with van der Waals surface area (Å²) in [4.78, 5) is 48.4. The number of amides is 1. The number of rotatable bonds is 10. The minimum absolute atomic E-state index is 0.0352. The lowest BCUT2D eigenvalue weighted by molar-refractivity contribution is -0.278. The van der Waals surface area contributed by atoms with Gasteiger partial charge in [0.1, 0.15) is 17.7 Å². The van der Waals surface area contributed by atoms with Crippen LogP contribution in [0.5, 0.6) is 0 Å². The summed E-state index contributed by atoms with van der Waals surface area (Å²) in [6, 6.07) is 19.3. The molecular formula is C36H50N2O7Si. The first kappa shape index (κ1) is 35.2. The molecule has 10 heteroatoms. The van der Waals surface area contributed by atoms with Crippen LogP contribution in [0.15, 0.2) is 73.3 Å². The zero-order valence-electron chi connectivity index (χ0n) is 28.2. The lowest BCUT2D eigenvalue weighted by atomic mass is 9.77. The van der Waals surface area contributed by atoms with Gasteiger partial charge in [0, 0.05) is 21.2 Å². The number of carbonyl (C=O) groups excluding carboxylic acids is 3. The zero-order chi connectivity index (χ0) is 33.5. The normalized spacial score (nSPS) is 22.9. The molecule has 4 rings (SSSR count). The predicted octanol–water partition coefficient (Wildman–Crippen LogP) is 8.09. The maximum absolute atomic E-state index is 14.4. The van der Waals surface area contributed by atoms with Crippen LogP contribution < -0.4 is 0 Å². The Bertz CT molecular complexity index is 1330. The Morgan fingerprint density at radius 1 is 1.00 bits per heavy atom. The Balaban J connectivity index is 1.66. The van der Waals surface area contributed by atoms with Gasteiger partial charge in [-0.05, 0) is 69.5 Å². The van der Waals surface area contributed by atoms with E-state index in [0.717, 1.165) is 17.2 Å². The second-order valence-corrected chi connectivity index (χ2v) is 20.2. The lowest BCUT2D eigenvalue weighted by Crippen LogP contribution is -2.63. The number of hydrogen-bond acceptors (Lipinski definition) is 8. The molecule has 2 aliphatic rings. The molecule has 0 N–H and O–H groups in total. The van der Waals surface area contributed by atoms with Crippen molar-refractivity contribution in [1.29, 1.82) is 0 Å². The third kappa shape index (κ3) is 9.00. The van der Waals surface area contributed by atoms with Crippen LogP contribution >= 0.6 is 0 Å². The molecule has 46 heavy (non-hydrogen) atoms. The molecule has 3 atom stereocenters. The summed E-state index contributed by atoms with van der Waals surface area (Å²) in [5.74, 6) is -0.460. The second-order valence-electron chi connectivity index (χ2n) is 14.6. The molecule has 0 radical (unpaired) electrons. The highest BCUT2D eigenvalue weighted by Crippen LogP contribution is 2.50. The van der Waals surface area contributed by atoms with E-state index in [1.165, 1.54) is 5.06 Å². The highest BCUT2D eigenvalue weighted by molar-refractivity contribution is 6.76. The smallest absolute Gasteiger partial charge is 0.454 e. The minimum Gasteiger partial charge on any atom is -0.454 e. The fourth-order valence-corrected chi connectivity index (χ4v) is 6.83. The molecule has 250 valence electrons. The van der Waals surface area contributed by atoms with Crippen molar-refractivity contribution in [3.63, 3.8) is 0 Å². The molecule has 0 saturated carbocycles. The SMILES string of the molecule is C=CC[C@]1(CC2CCN(C(=O)OCC[Si](C)(C)C)CC2)C(=O)O[C@H](c2ccccc2)[C@H](c2ccccc2)N1OC(=O)OC(C)(C)C. The van der Waals surface area contributed by atoms with Gasteiger partial charge in [-0.2, -0.15) is 0 Å². The topological polar surface area (TPSA) is 94.6 Å². The Kier molecular flexibility index (Phi) is 11.4. The molecule has 0 bridgehead atoms. The molecule has 2 aromatic carbocycles. The number of morpholine rings is 1. The molecule has 0 spiro atoms. The molecule has 0 aromatic heterocycles. The van der Waals surface area contributed by atoms with Crippen molar-refractivity contribution in [3.8, 4) is 0 Å². The fraction of sp³-hybridized carbons (Fsp3) is 0.528. The van der Waals surface area contributed by atoms with Crippen molar-refractivity contribution in [2.24, 2.45) is 5.92 Å². The summed E-state index contributed by atoms with van der Waals surface area (Å²) in [6.07, 6.45) is 1.55. The Hall–Kier alpha value is -3.63. The van der Waals surface area contributed by atoms with Gasteiger partial charge in [0.2, 0.25) is 0 Å². The second kappa shape index (κ2) is 14.9. The highest BCUT2D eigenvalue weighted by Gasteiger charge is 2.58. The number of hydrogen-bond donors (Lipinski definition) is 0. The van der Waals surface area contributed by atoms with Crippen LogP contribution in [0.25, 0.3) is 0 Å². The molecular weight excluding hydrogens is 600 g/mol. The number of benzene rings is 2. The maximum Gasteiger partial charge on any atom is 0.528 e. The zero-order valence-corrected chi connectivity index (χ0v) is 29.2. The van der Waals surface area contributed by atoms with E-state index in [1.807, 2.05) is 60.7 Å². The molecule has 2 aromatic rings. The molecule has 2 saturated heterocycles. The summed E-state index contributed by atoms with van der Waals surface area (Å²) in [6.45, 7) is 17.5. The number of likely N-dealkylation sites (tertiary alicyclic amines) is 1. The molecule has 0 aliphatic carbocycles. The van der Waals surface area contributed by atoms with Crippen LogP contribution in [0.2, 0.25) is 25.7 Å². The van der Waals surface area contributed by atoms with Crippen LogP contribution in [0, 0.1) is 5.92 Å². The van der Waals surface area contributed by atoms with Gasteiger partial charge in [-0.3, -0.25) is 0 Å². The molecule has 2 fully saturated rings. The lowest BCUT2D eigenvalue weighted by Gasteiger charge is -2.51. The number of piperidine rings is 1. The van der Waals surface area contributed by atoms with E-state index in [4.69, 9.17) is 19.0 Å². The van der Waals surface area contributed by atoms with E-state index in [0.29, 0.717) is 39.0 Å². The number of esters is 1. The van der Waals surface area contributed by atoms with Crippen LogP contribution in [-0.4, -0.2) is 67.1 Å². The van der Waals surface area contributed by atoms with Gasteiger partial charge in [-0.15, -0.1) is 11.6 Å². The van der Waals surface area contributed by atoms with E-state index < -0.39 is 43.5 Å². The summed E-state index contributed by atoms with van der Waals surface area (Å²) < 4.78 is 17.6. The number of carbonyl (C=O) groups is 3. The van der Waals surface area contributed by atoms with E-state index in [1.54, 1.807) is 31.7 Å². The Morgan fingerprint density at radius 2 is 1.59 bits per heavy atom. The van der Waals surface area contributed by atoms with Crippen molar-refractivity contribution in [2.75, 3.05) is 19.7 Å². The van der Waals surface area contributed by atoms with Gasteiger partial charge in [-0.1, -0.05) is 86.4 Å². The molecule has 9 nitrogen and oxygen atoms in total. The van der Waals surface area contributed by atoms with Gasteiger partial charge in [-0.25, -0.2) is 14.4 Å². The van der Waals surface area contributed by atoms with E-state index in [-0.39, 0.29) is 18.4 Å². The van der Waals surface area contributed by atoms with E-state index >= 15 is 0 Å². The highest BCUT2D eigenvalue weighted by atomic mass is 28.3. The summed E-state index contributed by atoms with van der Waals surface area (Å²) in [5.41, 5.74) is -0.603. The van der Waals surface area contributed by atoms with E-state index in [2.05, 4.69) is 26.2 Å². The molecule has 2 aliphatic heterocycles. The maximum atomic E-state index is 14.4. The van der Waals surface area contributed by atoms with Crippen molar-refractivity contribution in [2.45, 2.75) is 95.4 Å². The van der Waals surface area contributed by atoms with Crippen molar-refractivity contribution in [1.82, 2.24) is 9.96 Å². The largest absolute Gasteiger partial charge is 0.528 e. The monoisotopic (exact) mass is 650 g/mol. The standard InChI is InChI=1S/C36H50N2O7Si/c1-8-21-36(26-27-19-22-37(23-20-27)33(40)42-24-25-46(5,6)7)32(39)43-31(29-17-13-10-14-18-29)30(28-15-11-9-12-16-28)38(36)45-34(41)44-35(2,3)4/h8-18,27,30-31H,1,19-26H2,2-7H3/t30-,31+,36-/m0/s1. The van der Waals surface area contributed by atoms with E-state index in [9.17, 15) is 14.4 Å². The molecule has 1 amide bonds. The first-order valence-electron chi connectivity index (χ1n) is 16.3. The van der Waals surface area contributed by atoms with Crippen LogP contribution in [0.4, 0.5) is 9.59 Å². The first-order chi connectivity index (χ1) is 21.7. The number of hydroxylamine groups is 2. The average molecular weight is 651 g/mol. The first-order valence-corrected chi connectivity index (χ1v) is 20.0. The third-order valence-corrected chi connectivity index (χ3v) is 10.2. The number of ether oxygens (including phenoxy) is 3.